The van der Waals surface area contributed by atoms with Gasteiger partial charge < -0.3 is 0 Å². The fraction of sp³-hybridized carbons (Fsp3) is 0. The highest BCUT2D eigenvalue weighted by Gasteiger charge is 2.02. The Morgan fingerprint density at radius 2 is 2.42 bits per heavy atom. The first-order valence-corrected chi connectivity index (χ1v) is 7.06. The minimum atomic E-state index is -0.482. The predicted octanol–water partition coefficient (Wildman–Crippen LogP) is 3.12. The van der Waals surface area contributed by atoms with E-state index in [9.17, 15) is 4.79 Å². The van der Waals surface area contributed by atoms with Crippen LogP contribution in [0.5, 0.6) is 0 Å². The van der Waals surface area contributed by atoms with Crippen LogP contribution in [0, 0.1) is 3.95 Å². The molecule has 1 aromatic heterocycles. The van der Waals surface area contributed by atoms with Crippen LogP contribution in [0.4, 0.5) is 9.93 Å². The van der Waals surface area contributed by atoms with Crippen molar-refractivity contribution in [2.24, 2.45) is 5.10 Å². The molecule has 1 heterocycles. The van der Waals surface area contributed by atoms with Crippen molar-refractivity contribution in [1.82, 2.24) is 15.6 Å². The number of hydrogen-bond donors (Lipinski definition) is 3. The summed E-state index contributed by atoms with van der Waals surface area (Å²) in [5.74, 6) is 0. The van der Waals surface area contributed by atoms with Gasteiger partial charge in [-0.1, -0.05) is 39.4 Å². The highest BCUT2D eigenvalue weighted by molar-refractivity contribution is 9.10. The van der Waals surface area contributed by atoms with E-state index in [1.807, 2.05) is 24.3 Å². The van der Waals surface area contributed by atoms with E-state index in [4.69, 9.17) is 12.2 Å². The van der Waals surface area contributed by atoms with Crippen LogP contribution in [0.1, 0.15) is 5.56 Å². The number of anilines is 1. The van der Waals surface area contributed by atoms with E-state index in [1.165, 1.54) is 17.6 Å². The van der Waals surface area contributed by atoms with Gasteiger partial charge in [-0.25, -0.2) is 10.2 Å². The number of H-pyrrole nitrogens is 1. The van der Waals surface area contributed by atoms with Crippen LogP contribution >= 0.6 is 39.5 Å². The van der Waals surface area contributed by atoms with Gasteiger partial charge in [0.05, 0.1) is 6.21 Å². The Kier molecular flexibility index (Phi) is 4.77. The second-order valence-electron chi connectivity index (χ2n) is 3.30. The molecule has 0 unspecified atom stereocenters. The van der Waals surface area contributed by atoms with Crippen molar-refractivity contribution < 1.29 is 4.79 Å². The van der Waals surface area contributed by atoms with E-state index in [1.54, 1.807) is 0 Å². The van der Waals surface area contributed by atoms with Gasteiger partial charge in [0.25, 0.3) is 0 Å². The summed E-state index contributed by atoms with van der Waals surface area (Å²) >= 11 is 9.36. The van der Waals surface area contributed by atoms with E-state index in [0.29, 0.717) is 9.09 Å². The molecule has 2 amide bonds. The maximum Gasteiger partial charge on any atom is 0.341 e. The summed E-state index contributed by atoms with van der Waals surface area (Å²) in [5, 5.41) is 13.1. The first kappa shape index (κ1) is 13.8. The summed E-state index contributed by atoms with van der Waals surface area (Å²) in [5.41, 5.74) is 3.20. The molecule has 0 fully saturated rings. The number of amides is 2. The minimum absolute atomic E-state index is 0.389. The van der Waals surface area contributed by atoms with Crippen molar-refractivity contribution >= 4 is 56.9 Å². The van der Waals surface area contributed by atoms with E-state index in [-0.39, 0.29) is 0 Å². The highest BCUT2D eigenvalue weighted by Crippen LogP contribution is 2.10. The SMILES string of the molecule is O=C(N/N=C/c1cccc(Br)c1)Nc1n[nH]c(=S)s1. The van der Waals surface area contributed by atoms with Crippen LogP contribution < -0.4 is 10.7 Å². The number of aromatic amines is 1. The minimum Gasteiger partial charge on any atom is -0.281 e. The number of benzene rings is 1. The molecule has 0 aliphatic rings. The molecule has 6 nitrogen and oxygen atoms in total. The number of hydrogen-bond acceptors (Lipinski definition) is 5. The molecule has 2 aromatic rings. The zero-order chi connectivity index (χ0) is 13.7. The van der Waals surface area contributed by atoms with Gasteiger partial charge in [-0.3, -0.25) is 10.4 Å². The van der Waals surface area contributed by atoms with Gasteiger partial charge in [0.15, 0.2) is 3.95 Å². The number of halogens is 1. The first-order chi connectivity index (χ1) is 9.13. The Balaban J connectivity index is 1.88. The zero-order valence-electron chi connectivity index (χ0n) is 9.38. The van der Waals surface area contributed by atoms with E-state index in [2.05, 4.69) is 42.0 Å². The Hall–Kier alpha value is -1.58. The van der Waals surface area contributed by atoms with E-state index >= 15 is 0 Å². The van der Waals surface area contributed by atoms with Gasteiger partial charge in [-0.15, -0.1) is 5.10 Å². The van der Waals surface area contributed by atoms with E-state index in [0.717, 1.165) is 10.0 Å². The Labute approximate surface area is 126 Å². The number of urea groups is 1. The average molecular weight is 358 g/mol. The molecule has 0 bridgehead atoms. The molecule has 0 atom stereocenters. The summed E-state index contributed by atoms with van der Waals surface area (Å²) < 4.78 is 1.44. The molecule has 0 radical (unpaired) electrons. The Bertz CT molecular complexity index is 666. The van der Waals surface area contributed by atoms with Crippen LogP contribution in [0.3, 0.4) is 0 Å². The molecule has 0 aliphatic carbocycles. The molecule has 0 saturated heterocycles. The largest absolute Gasteiger partial charge is 0.341 e. The van der Waals surface area contributed by atoms with Crippen molar-refractivity contribution in [3.63, 3.8) is 0 Å². The number of carbonyl (C=O) groups is 1. The molecule has 9 heteroatoms. The Morgan fingerprint density at radius 1 is 1.58 bits per heavy atom. The summed E-state index contributed by atoms with van der Waals surface area (Å²) in [6, 6.07) is 7.05. The molecule has 1 aromatic carbocycles. The first-order valence-electron chi connectivity index (χ1n) is 5.04. The van der Waals surface area contributed by atoms with E-state index < -0.39 is 6.03 Å². The maximum atomic E-state index is 11.5. The van der Waals surface area contributed by atoms with Crippen LogP contribution in [0.2, 0.25) is 0 Å². The molecule has 98 valence electrons. The van der Waals surface area contributed by atoms with Gasteiger partial charge in [0, 0.05) is 4.47 Å². The van der Waals surface area contributed by atoms with Crippen molar-refractivity contribution in [3.05, 3.63) is 38.3 Å². The van der Waals surface area contributed by atoms with Gasteiger partial charge in [0.1, 0.15) is 0 Å². The fourth-order valence-electron chi connectivity index (χ4n) is 1.16. The van der Waals surface area contributed by atoms with Gasteiger partial charge in [-0.2, -0.15) is 5.10 Å². The lowest BCUT2D eigenvalue weighted by molar-refractivity contribution is 0.252. The third-order valence-corrected chi connectivity index (χ3v) is 3.38. The molecule has 0 saturated carbocycles. The lowest BCUT2D eigenvalue weighted by Gasteiger charge is -1.99. The van der Waals surface area contributed by atoms with Crippen LogP contribution in [-0.4, -0.2) is 22.4 Å². The second-order valence-corrected chi connectivity index (χ2v) is 5.88. The standard InChI is InChI=1S/C10H8BrN5OS2/c11-7-3-1-2-6(4-7)5-12-14-8(17)13-9-15-16-10(18)19-9/h1-5H,(H,16,18)(H2,13,14,15,17)/b12-5+. The molecule has 0 aliphatic heterocycles. The normalized spacial score (nSPS) is 10.6. The number of nitrogens with one attached hydrogen (secondary N) is 3. The number of carbonyl (C=O) groups excluding carboxylic acids is 1. The van der Waals surface area contributed by atoms with Gasteiger partial charge >= 0.3 is 6.03 Å². The topological polar surface area (TPSA) is 82.2 Å². The third-order valence-electron chi connectivity index (χ3n) is 1.89. The second kappa shape index (κ2) is 6.55. The maximum absolute atomic E-state index is 11.5. The van der Waals surface area contributed by atoms with Crippen LogP contribution in [-0.2, 0) is 0 Å². The lowest BCUT2D eigenvalue weighted by Crippen LogP contribution is -2.24. The number of hydrazone groups is 1. The van der Waals surface area contributed by atoms with Crippen LogP contribution in [0.15, 0.2) is 33.8 Å². The number of aromatic nitrogens is 2. The van der Waals surface area contributed by atoms with Gasteiger partial charge in [0.2, 0.25) is 5.13 Å². The molecular weight excluding hydrogens is 350 g/mol. The molecule has 3 N–H and O–H groups in total. The predicted molar refractivity (Wildman–Crippen MR) is 81.2 cm³/mol. The van der Waals surface area contributed by atoms with Gasteiger partial charge in [-0.05, 0) is 29.9 Å². The monoisotopic (exact) mass is 357 g/mol. The molecule has 19 heavy (non-hydrogen) atoms. The summed E-state index contributed by atoms with van der Waals surface area (Å²) in [6.45, 7) is 0. The van der Waals surface area contributed by atoms with Crippen LogP contribution in [0.25, 0.3) is 0 Å². The summed E-state index contributed by atoms with van der Waals surface area (Å²) in [7, 11) is 0. The molecular formula is C10H8BrN5OS2. The summed E-state index contributed by atoms with van der Waals surface area (Å²) in [6.07, 6.45) is 1.54. The third kappa shape index (κ3) is 4.54. The van der Waals surface area contributed by atoms with Crippen molar-refractivity contribution in [3.8, 4) is 0 Å². The zero-order valence-corrected chi connectivity index (χ0v) is 12.6. The molecule has 2 rings (SSSR count). The highest BCUT2D eigenvalue weighted by atomic mass is 79.9. The van der Waals surface area contributed by atoms with Crippen molar-refractivity contribution in [2.45, 2.75) is 0 Å². The Morgan fingerprint density at radius 3 is 3.11 bits per heavy atom. The smallest absolute Gasteiger partial charge is 0.281 e. The van der Waals surface area contributed by atoms with Crippen molar-refractivity contribution in [2.75, 3.05) is 5.32 Å². The quantitative estimate of drug-likeness (QED) is 0.448. The molecule has 0 spiro atoms. The fourth-order valence-corrected chi connectivity index (χ4v) is 2.36. The van der Waals surface area contributed by atoms with Crippen molar-refractivity contribution in [1.29, 1.82) is 0 Å². The summed E-state index contributed by atoms with van der Waals surface area (Å²) in [4.78, 5) is 11.5. The lowest BCUT2D eigenvalue weighted by atomic mass is 10.2. The number of nitrogens with zero attached hydrogens (tertiary/aromatic N) is 2. The number of rotatable bonds is 3. The average Bonchev–Trinajstić information content (AvgIpc) is 2.75.